The fourth-order valence-electron chi connectivity index (χ4n) is 5.32. The van der Waals surface area contributed by atoms with Crippen LogP contribution >= 0.6 is 11.6 Å². The van der Waals surface area contributed by atoms with Crippen LogP contribution < -0.4 is 0 Å². The Morgan fingerprint density at radius 1 is 0.686 bits per heavy atom. The van der Waals surface area contributed by atoms with Crippen molar-refractivity contribution in [3.63, 3.8) is 0 Å². The summed E-state index contributed by atoms with van der Waals surface area (Å²) in [5.74, 6) is 0. The molecule has 5 rings (SSSR count). The Morgan fingerprint density at radius 3 is 1.63 bits per heavy atom. The summed E-state index contributed by atoms with van der Waals surface area (Å²) in [5.41, 5.74) is 10.4. The standard InChI is InChI=1S/C21H25.C7H5Cl.C5H5.Zr/c1-20(2,3)16-9-7-14-11-15-8-10-17(21(4,5)6)13-19(15)18(14)12-16;1-6-2-4-7(8)5-3-6;1-2-4-5-3-1;/h7-13H,1-6H3;1-5H;1-5H;. The molecule has 0 aliphatic heterocycles. The molecule has 0 radical (unpaired) electrons. The second-order valence-corrected chi connectivity index (χ2v) is 18.7. The predicted molar refractivity (Wildman–Crippen MR) is 150 cm³/mol. The van der Waals surface area contributed by atoms with Crippen molar-refractivity contribution in [2.24, 2.45) is 0 Å². The van der Waals surface area contributed by atoms with Crippen LogP contribution in [0.1, 0.15) is 73.0 Å². The number of rotatable bonds is 3. The van der Waals surface area contributed by atoms with Crippen LogP contribution in [-0.4, -0.2) is 3.71 Å². The van der Waals surface area contributed by atoms with Crippen molar-refractivity contribution in [3.8, 4) is 11.1 Å². The fraction of sp³-hybridized carbons (Fsp3) is 0.303. The summed E-state index contributed by atoms with van der Waals surface area (Å²) < 4.78 is 3.71. The van der Waals surface area contributed by atoms with Crippen LogP contribution in [0.4, 0.5) is 0 Å². The van der Waals surface area contributed by atoms with Crippen LogP contribution in [0.15, 0.2) is 85.0 Å². The molecule has 0 nitrogen and oxygen atoms in total. The van der Waals surface area contributed by atoms with E-state index in [1.54, 1.807) is 0 Å². The van der Waals surface area contributed by atoms with Crippen molar-refractivity contribution in [3.05, 3.63) is 118 Å². The molecule has 0 unspecified atom stereocenters. The summed E-state index contributed by atoms with van der Waals surface area (Å²) in [6.45, 7) is 13.9. The van der Waals surface area contributed by atoms with E-state index in [1.165, 1.54) is 38.9 Å². The van der Waals surface area contributed by atoms with Crippen molar-refractivity contribution in [1.82, 2.24) is 0 Å². The van der Waals surface area contributed by atoms with Crippen LogP contribution in [-0.2, 0) is 32.1 Å². The number of allylic oxidation sites excluding steroid dienone is 4. The van der Waals surface area contributed by atoms with Gasteiger partial charge in [0.2, 0.25) is 0 Å². The van der Waals surface area contributed by atoms with Gasteiger partial charge in [0.1, 0.15) is 0 Å². The molecule has 2 aliphatic carbocycles. The summed E-state index contributed by atoms with van der Waals surface area (Å²) in [5, 5.41) is 0.800. The monoisotopic (exact) mass is 556 g/mol. The first-order valence-corrected chi connectivity index (χ1v) is 17.3. The van der Waals surface area contributed by atoms with E-state index in [0.29, 0.717) is 7.25 Å². The molecule has 0 bridgehead atoms. The molecule has 3 aromatic carbocycles. The second-order valence-electron chi connectivity index (χ2n) is 12.0. The Morgan fingerprint density at radius 2 is 1.17 bits per heavy atom. The van der Waals surface area contributed by atoms with Gasteiger partial charge in [-0.3, -0.25) is 0 Å². The normalized spacial score (nSPS) is 16.1. The topological polar surface area (TPSA) is 0 Å². The molecule has 0 saturated heterocycles. The van der Waals surface area contributed by atoms with Crippen molar-refractivity contribution < 1.29 is 21.3 Å². The number of halogens is 1. The molecule has 0 heterocycles. The van der Waals surface area contributed by atoms with Gasteiger partial charge in [-0.2, -0.15) is 0 Å². The van der Waals surface area contributed by atoms with E-state index in [2.05, 4.69) is 118 Å². The molecular formula is C33H35ClZr. The Bertz CT molecular complexity index is 1280. The van der Waals surface area contributed by atoms with Gasteiger partial charge in [-0.15, -0.1) is 0 Å². The van der Waals surface area contributed by atoms with E-state index in [0.717, 1.165) is 5.02 Å². The van der Waals surface area contributed by atoms with Crippen molar-refractivity contribution in [2.45, 2.75) is 59.6 Å². The number of fused-ring (bicyclic) bond motifs is 3. The number of benzene rings is 3. The summed E-state index contributed by atoms with van der Waals surface area (Å²) in [6, 6.07) is 23.1. The molecule has 0 saturated carbocycles. The van der Waals surface area contributed by atoms with Gasteiger partial charge in [0, 0.05) is 0 Å². The van der Waals surface area contributed by atoms with Gasteiger partial charge in [-0.05, 0) is 0 Å². The molecule has 0 amide bonds. The fourth-order valence-corrected chi connectivity index (χ4v) is 13.3. The van der Waals surface area contributed by atoms with E-state index in [9.17, 15) is 0 Å². The average Bonchev–Trinajstić information content (AvgIpc) is 3.43. The molecule has 0 aromatic heterocycles. The molecule has 0 spiro atoms. The molecule has 0 fully saturated rings. The second kappa shape index (κ2) is 9.24. The Kier molecular flexibility index (Phi) is 6.57. The van der Waals surface area contributed by atoms with Gasteiger partial charge in [0.25, 0.3) is 0 Å². The Balaban J connectivity index is 1.75. The first-order valence-electron chi connectivity index (χ1n) is 12.6. The quantitative estimate of drug-likeness (QED) is 0.301. The van der Waals surface area contributed by atoms with Crippen LogP contribution in [0.2, 0.25) is 8.65 Å². The van der Waals surface area contributed by atoms with Gasteiger partial charge in [-0.25, -0.2) is 0 Å². The third kappa shape index (κ3) is 4.92. The van der Waals surface area contributed by atoms with Crippen molar-refractivity contribution in [2.75, 3.05) is 0 Å². The van der Waals surface area contributed by atoms with E-state index < -0.39 is 21.3 Å². The Labute approximate surface area is 223 Å². The van der Waals surface area contributed by atoms with Gasteiger partial charge >= 0.3 is 225 Å². The van der Waals surface area contributed by atoms with E-state index in [1.807, 2.05) is 12.1 Å². The third-order valence-electron chi connectivity index (χ3n) is 7.42. The van der Waals surface area contributed by atoms with Crippen molar-refractivity contribution >= 4 is 15.3 Å². The molecule has 2 aliphatic rings. The molecule has 0 N–H and O–H groups in total. The van der Waals surface area contributed by atoms with Gasteiger partial charge < -0.3 is 0 Å². The molecule has 2 heteroatoms. The summed E-state index contributed by atoms with van der Waals surface area (Å²) in [4.78, 5) is 0. The molecule has 0 atom stereocenters. The maximum absolute atomic E-state index is 6.22. The van der Waals surface area contributed by atoms with E-state index >= 15 is 0 Å². The molecule has 178 valence electrons. The zero-order valence-corrected chi connectivity index (χ0v) is 24.9. The number of hydrogen-bond donors (Lipinski definition) is 0. The van der Waals surface area contributed by atoms with Crippen LogP contribution in [0.3, 0.4) is 0 Å². The number of hydrogen-bond acceptors (Lipinski definition) is 0. The summed E-state index contributed by atoms with van der Waals surface area (Å²) >= 11 is 3.95. The van der Waals surface area contributed by atoms with Crippen LogP contribution in [0.5, 0.6) is 0 Å². The third-order valence-corrected chi connectivity index (χ3v) is 15.3. The first kappa shape index (κ1) is 24.9. The average molecular weight is 558 g/mol. The van der Waals surface area contributed by atoms with Gasteiger partial charge in [0.15, 0.2) is 0 Å². The van der Waals surface area contributed by atoms with Gasteiger partial charge in [-0.1, -0.05) is 0 Å². The van der Waals surface area contributed by atoms with Crippen molar-refractivity contribution in [1.29, 1.82) is 0 Å². The summed E-state index contributed by atoms with van der Waals surface area (Å²) in [7, 11) is 0. The maximum atomic E-state index is 6.22. The predicted octanol–water partition coefficient (Wildman–Crippen LogP) is 9.39. The minimum absolute atomic E-state index is 0.128. The van der Waals surface area contributed by atoms with E-state index in [-0.39, 0.29) is 10.8 Å². The zero-order valence-electron chi connectivity index (χ0n) is 21.7. The molecule has 35 heavy (non-hydrogen) atoms. The SMILES string of the molecule is CC(C)(C)c1ccc2c(c1)-c1cc(C(C)(C)C)ccc1[CH]2[Zr](=[CH]c1ccc(Cl)cc1)[CH]1C=CC=C1. The molecular weight excluding hydrogens is 523 g/mol. The van der Waals surface area contributed by atoms with Gasteiger partial charge in [0.05, 0.1) is 0 Å². The minimum atomic E-state index is -2.27. The first-order chi connectivity index (χ1) is 16.5. The van der Waals surface area contributed by atoms with E-state index in [4.69, 9.17) is 11.6 Å². The van der Waals surface area contributed by atoms with Crippen LogP contribution in [0, 0.1) is 0 Å². The van der Waals surface area contributed by atoms with Crippen LogP contribution in [0.25, 0.3) is 11.1 Å². The molecule has 3 aromatic rings. The Hall–Kier alpha value is -1.82. The zero-order chi connectivity index (χ0) is 25.0. The summed E-state index contributed by atoms with van der Waals surface area (Å²) in [6.07, 6.45) is 9.35.